The zero-order chi connectivity index (χ0) is 20.0. The van der Waals surface area contributed by atoms with Crippen molar-refractivity contribution in [2.75, 3.05) is 20.3 Å². The molecule has 0 bridgehead atoms. The van der Waals surface area contributed by atoms with Gasteiger partial charge in [0.15, 0.2) is 5.69 Å². The number of aromatic nitrogens is 3. The van der Waals surface area contributed by atoms with Crippen LogP contribution in [0.5, 0.6) is 0 Å². The number of esters is 1. The van der Waals surface area contributed by atoms with E-state index < -0.39 is 0 Å². The highest BCUT2D eigenvalue weighted by molar-refractivity contribution is 7.13. The Hall–Kier alpha value is -1.73. The van der Waals surface area contributed by atoms with Crippen LogP contribution in [-0.2, 0) is 16.0 Å². The number of ether oxygens (including phenoxy) is 2. The van der Waals surface area contributed by atoms with Crippen LogP contribution >= 0.6 is 11.3 Å². The second-order valence-electron chi connectivity index (χ2n) is 7.71. The Morgan fingerprint density at radius 1 is 1.32 bits per heavy atom. The summed E-state index contributed by atoms with van der Waals surface area (Å²) in [6.45, 7) is 5.98. The Kier molecular flexibility index (Phi) is 7.24. The highest BCUT2D eigenvalue weighted by Gasteiger charge is 2.33. The van der Waals surface area contributed by atoms with Crippen molar-refractivity contribution in [2.45, 2.75) is 65.3 Å². The van der Waals surface area contributed by atoms with E-state index in [9.17, 15) is 4.79 Å². The number of hydrogen-bond acceptors (Lipinski definition) is 6. The molecule has 2 heterocycles. The van der Waals surface area contributed by atoms with E-state index in [-0.39, 0.29) is 5.97 Å². The highest BCUT2D eigenvalue weighted by Crippen LogP contribution is 2.42. The number of hydrogen-bond donors (Lipinski definition) is 0. The van der Waals surface area contributed by atoms with E-state index in [0.717, 1.165) is 35.7 Å². The fraction of sp³-hybridized carbons (Fsp3) is 0.667. The lowest BCUT2D eigenvalue weighted by Gasteiger charge is -2.37. The molecule has 0 radical (unpaired) electrons. The van der Waals surface area contributed by atoms with E-state index in [2.05, 4.69) is 16.6 Å². The summed E-state index contributed by atoms with van der Waals surface area (Å²) in [5, 5.41) is 4.70. The summed E-state index contributed by atoms with van der Waals surface area (Å²) < 4.78 is 12.6. The number of carbonyl (C=O) groups excluding carboxylic acids is 1. The van der Waals surface area contributed by atoms with Crippen LogP contribution < -0.4 is 0 Å². The van der Waals surface area contributed by atoms with E-state index in [1.54, 1.807) is 19.5 Å². The molecule has 28 heavy (non-hydrogen) atoms. The Morgan fingerprint density at radius 3 is 2.82 bits per heavy atom. The molecule has 2 aromatic heterocycles. The van der Waals surface area contributed by atoms with Crippen LogP contribution in [-0.4, -0.2) is 41.1 Å². The first-order chi connectivity index (χ1) is 13.6. The molecule has 0 N–H and O–H groups in total. The van der Waals surface area contributed by atoms with Crippen LogP contribution in [0.4, 0.5) is 0 Å². The quantitative estimate of drug-likeness (QED) is 0.440. The third-order valence-corrected chi connectivity index (χ3v) is 6.70. The van der Waals surface area contributed by atoms with Gasteiger partial charge < -0.3 is 9.47 Å². The van der Waals surface area contributed by atoms with E-state index in [0.29, 0.717) is 17.7 Å². The van der Waals surface area contributed by atoms with Gasteiger partial charge in [-0.15, -0.1) is 11.3 Å². The predicted molar refractivity (Wildman–Crippen MR) is 111 cm³/mol. The van der Waals surface area contributed by atoms with Crippen molar-refractivity contribution >= 4 is 17.3 Å². The van der Waals surface area contributed by atoms with Gasteiger partial charge in [0.05, 0.1) is 23.2 Å². The van der Waals surface area contributed by atoms with Crippen LogP contribution in [0.15, 0.2) is 11.7 Å². The monoisotopic (exact) mass is 405 g/mol. The maximum atomic E-state index is 12.2. The largest absolute Gasteiger partial charge is 0.461 e. The Balaban J connectivity index is 1.82. The SMILES string of the molecule is CCOC(=O)c1ncsc1-c1cnn(CC2(CCCOC)CCCCC2)c1C. The van der Waals surface area contributed by atoms with Gasteiger partial charge in [-0.25, -0.2) is 9.78 Å². The fourth-order valence-electron chi connectivity index (χ4n) is 4.31. The van der Waals surface area contributed by atoms with Gasteiger partial charge in [-0.1, -0.05) is 19.3 Å². The van der Waals surface area contributed by atoms with Crippen molar-refractivity contribution in [1.29, 1.82) is 0 Å². The van der Waals surface area contributed by atoms with Gasteiger partial charge in [0.1, 0.15) is 0 Å². The van der Waals surface area contributed by atoms with Crippen LogP contribution in [0, 0.1) is 12.3 Å². The molecule has 1 fully saturated rings. The summed E-state index contributed by atoms with van der Waals surface area (Å²) in [6, 6.07) is 0. The molecule has 0 aliphatic heterocycles. The van der Waals surface area contributed by atoms with Crippen molar-refractivity contribution in [3.05, 3.63) is 23.1 Å². The lowest BCUT2D eigenvalue weighted by molar-refractivity contribution is 0.0521. The standard InChI is InChI=1S/C21H31N3O3S/c1-4-27-20(25)18-19(28-15-22-18)17-13-23-24(16(17)2)14-21(11-8-12-26-3)9-6-5-7-10-21/h13,15H,4-12,14H2,1-3H3. The first-order valence-corrected chi connectivity index (χ1v) is 11.1. The molecule has 1 saturated carbocycles. The molecule has 6 nitrogen and oxygen atoms in total. The average Bonchev–Trinajstić information content (AvgIpc) is 3.30. The maximum Gasteiger partial charge on any atom is 0.358 e. The first kappa shape index (κ1) is 21.0. The van der Waals surface area contributed by atoms with Gasteiger partial charge in [-0.3, -0.25) is 4.68 Å². The average molecular weight is 406 g/mol. The Bertz CT molecular complexity index is 778. The molecule has 0 atom stereocenters. The summed E-state index contributed by atoms with van der Waals surface area (Å²) in [5.41, 5.74) is 4.45. The second kappa shape index (κ2) is 9.65. The maximum absolute atomic E-state index is 12.2. The third kappa shape index (κ3) is 4.63. The lowest BCUT2D eigenvalue weighted by Crippen LogP contribution is -2.31. The second-order valence-corrected chi connectivity index (χ2v) is 8.56. The van der Waals surface area contributed by atoms with Crippen molar-refractivity contribution < 1.29 is 14.3 Å². The number of nitrogens with zero attached hydrogens (tertiary/aromatic N) is 3. The summed E-state index contributed by atoms with van der Waals surface area (Å²) in [4.78, 5) is 17.3. The normalized spacial score (nSPS) is 16.2. The van der Waals surface area contributed by atoms with Crippen molar-refractivity contribution in [3.8, 4) is 10.4 Å². The zero-order valence-corrected chi connectivity index (χ0v) is 18.0. The molecule has 0 amide bonds. The van der Waals surface area contributed by atoms with Crippen molar-refractivity contribution in [3.63, 3.8) is 0 Å². The molecule has 3 rings (SSSR count). The minimum absolute atomic E-state index is 0.294. The molecule has 1 aliphatic carbocycles. The minimum atomic E-state index is -0.366. The van der Waals surface area contributed by atoms with Gasteiger partial charge in [0.25, 0.3) is 0 Å². The number of methoxy groups -OCH3 is 1. The minimum Gasteiger partial charge on any atom is -0.461 e. The van der Waals surface area contributed by atoms with Crippen LogP contribution in [0.2, 0.25) is 0 Å². The molecule has 2 aromatic rings. The Labute approximate surface area is 171 Å². The molecule has 7 heteroatoms. The topological polar surface area (TPSA) is 66.2 Å². The smallest absolute Gasteiger partial charge is 0.358 e. The number of thiazole rings is 1. The third-order valence-electron chi connectivity index (χ3n) is 5.84. The van der Waals surface area contributed by atoms with Gasteiger partial charge >= 0.3 is 5.97 Å². The highest BCUT2D eigenvalue weighted by atomic mass is 32.1. The van der Waals surface area contributed by atoms with Crippen LogP contribution in [0.3, 0.4) is 0 Å². The number of rotatable bonds is 9. The molecule has 0 saturated heterocycles. The van der Waals surface area contributed by atoms with E-state index >= 15 is 0 Å². The van der Waals surface area contributed by atoms with Crippen molar-refractivity contribution in [2.24, 2.45) is 5.41 Å². The molecular formula is C21H31N3O3S. The summed E-state index contributed by atoms with van der Waals surface area (Å²) >= 11 is 1.46. The molecule has 0 spiro atoms. The van der Waals surface area contributed by atoms with Gasteiger partial charge in [0, 0.05) is 31.5 Å². The van der Waals surface area contributed by atoms with E-state index in [1.807, 2.05) is 6.20 Å². The summed E-state index contributed by atoms with van der Waals surface area (Å²) in [5.74, 6) is -0.366. The summed E-state index contributed by atoms with van der Waals surface area (Å²) in [6.07, 6.45) is 10.6. The molecule has 154 valence electrons. The molecular weight excluding hydrogens is 374 g/mol. The van der Waals surface area contributed by atoms with Gasteiger partial charge in [-0.2, -0.15) is 5.10 Å². The first-order valence-electron chi connectivity index (χ1n) is 10.2. The Morgan fingerprint density at radius 2 is 2.11 bits per heavy atom. The zero-order valence-electron chi connectivity index (χ0n) is 17.2. The molecule has 1 aliphatic rings. The van der Waals surface area contributed by atoms with E-state index in [1.165, 1.54) is 49.9 Å². The predicted octanol–water partition coefficient (Wildman–Crippen LogP) is 4.87. The van der Waals surface area contributed by atoms with Gasteiger partial charge in [-0.05, 0) is 44.9 Å². The van der Waals surface area contributed by atoms with Gasteiger partial charge in [0.2, 0.25) is 0 Å². The summed E-state index contributed by atoms with van der Waals surface area (Å²) in [7, 11) is 1.77. The molecule has 0 unspecified atom stereocenters. The number of carbonyl (C=O) groups is 1. The molecule has 0 aromatic carbocycles. The van der Waals surface area contributed by atoms with Crippen molar-refractivity contribution in [1.82, 2.24) is 14.8 Å². The lowest BCUT2D eigenvalue weighted by atomic mass is 9.71. The van der Waals surface area contributed by atoms with E-state index in [4.69, 9.17) is 14.6 Å². The van der Waals surface area contributed by atoms with Crippen LogP contribution in [0.25, 0.3) is 10.4 Å². The van der Waals surface area contributed by atoms with Crippen LogP contribution in [0.1, 0.15) is 68.1 Å². The fourth-order valence-corrected chi connectivity index (χ4v) is 5.15.